The molecule has 0 radical (unpaired) electrons. The van der Waals surface area contributed by atoms with Gasteiger partial charge in [-0.15, -0.1) is 0 Å². The van der Waals surface area contributed by atoms with E-state index in [0.29, 0.717) is 18.6 Å². The predicted octanol–water partition coefficient (Wildman–Crippen LogP) is 2.26. The molecule has 25 heavy (non-hydrogen) atoms. The van der Waals surface area contributed by atoms with Crippen LogP contribution >= 0.6 is 0 Å². The van der Waals surface area contributed by atoms with Crippen LogP contribution in [-0.2, 0) is 17.6 Å². The minimum absolute atomic E-state index is 0.112. The summed E-state index contributed by atoms with van der Waals surface area (Å²) >= 11 is 0. The summed E-state index contributed by atoms with van der Waals surface area (Å²) in [5.74, 6) is -0.958. The van der Waals surface area contributed by atoms with Crippen molar-refractivity contribution in [3.8, 4) is 5.75 Å². The van der Waals surface area contributed by atoms with Crippen LogP contribution in [-0.4, -0.2) is 35.4 Å². The number of hydrogen-bond acceptors (Lipinski definition) is 4. The summed E-state index contributed by atoms with van der Waals surface area (Å²) in [6, 6.07) is 16.4. The molecular formula is C20H25NO4. The van der Waals surface area contributed by atoms with Crippen LogP contribution in [0.3, 0.4) is 0 Å². The molecule has 2 aromatic carbocycles. The number of carboxylic acid groups (broad SMARTS) is 1. The Hall–Kier alpha value is -2.37. The minimum Gasteiger partial charge on any atom is -0.497 e. The summed E-state index contributed by atoms with van der Waals surface area (Å²) < 4.78 is 5.17. The van der Waals surface area contributed by atoms with Crippen molar-refractivity contribution in [3.05, 3.63) is 65.7 Å². The van der Waals surface area contributed by atoms with E-state index in [1.807, 2.05) is 54.6 Å². The summed E-state index contributed by atoms with van der Waals surface area (Å²) in [6.45, 7) is 0. The molecule has 0 amide bonds. The van der Waals surface area contributed by atoms with Crippen LogP contribution < -0.4 is 10.5 Å². The van der Waals surface area contributed by atoms with Gasteiger partial charge in [0, 0.05) is 6.04 Å². The van der Waals surface area contributed by atoms with Gasteiger partial charge in [-0.25, -0.2) is 0 Å². The fraction of sp³-hybridized carbons (Fsp3) is 0.350. The second-order valence-corrected chi connectivity index (χ2v) is 6.25. The van der Waals surface area contributed by atoms with Gasteiger partial charge in [0.25, 0.3) is 0 Å². The number of nitrogens with two attached hydrogens (primary N) is 1. The summed E-state index contributed by atoms with van der Waals surface area (Å²) in [5, 5.41) is 19.9. The van der Waals surface area contributed by atoms with Crippen molar-refractivity contribution < 1.29 is 19.7 Å². The molecule has 3 atom stereocenters. The first-order valence-corrected chi connectivity index (χ1v) is 8.33. The largest absolute Gasteiger partial charge is 0.497 e. The van der Waals surface area contributed by atoms with Crippen molar-refractivity contribution in [2.45, 2.75) is 31.4 Å². The normalized spacial score (nSPS) is 14.5. The maximum atomic E-state index is 11.6. The van der Waals surface area contributed by atoms with Crippen molar-refractivity contribution in [3.63, 3.8) is 0 Å². The minimum atomic E-state index is -0.936. The molecule has 0 aliphatic rings. The van der Waals surface area contributed by atoms with Crippen LogP contribution in [0.1, 0.15) is 17.5 Å². The van der Waals surface area contributed by atoms with Crippen molar-refractivity contribution in [1.82, 2.24) is 0 Å². The molecule has 0 bridgehead atoms. The molecule has 0 aliphatic carbocycles. The van der Waals surface area contributed by atoms with Gasteiger partial charge in [-0.1, -0.05) is 42.5 Å². The van der Waals surface area contributed by atoms with Crippen molar-refractivity contribution in [2.24, 2.45) is 11.7 Å². The third-order valence-electron chi connectivity index (χ3n) is 4.30. The smallest absolute Gasteiger partial charge is 0.306 e. The number of rotatable bonds is 9. The van der Waals surface area contributed by atoms with Gasteiger partial charge in [0.2, 0.25) is 0 Å². The number of aliphatic carboxylic acids is 1. The van der Waals surface area contributed by atoms with E-state index >= 15 is 0 Å². The van der Waals surface area contributed by atoms with Crippen molar-refractivity contribution in [2.75, 3.05) is 7.11 Å². The molecule has 0 saturated carbocycles. The van der Waals surface area contributed by atoms with E-state index in [0.717, 1.165) is 11.1 Å². The standard InChI is InChI=1S/C20H25NO4/c1-25-17-9-5-8-15(11-17)10-16(20(23)24)13-19(22)18(21)12-14-6-3-2-4-7-14/h2-9,11,16,18-19,22H,10,12-13,21H2,1H3,(H,23,24)/t16-,18+,19+/m1/s1. The van der Waals surface area contributed by atoms with Crippen LogP contribution in [0.4, 0.5) is 0 Å². The number of aliphatic hydroxyl groups is 1. The second kappa shape index (κ2) is 9.20. The molecule has 2 rings (SSSR count). The van der Waals surface area contributed by atoms with Gasteiger partial charge in [-0.3, -0.25) is 4.79 Å². The lowest BCUT2D eigenvalue weighted by Gasteiger charge is -2.22. The van der Waals surface area contributed by atoms with Crippen LogP contribution in [0.5, 0.6) is 5.75 Å². The van der Waals surface area contributed by atoms with E-state index in [4.69, 9.17) is 10.5 Å². The number of hydrogen-bond donors (Lipinski definition) is 3. The lowest BCUT2D eigenvalue weighted by Crippen LogP contribution is -2.39. The van der Waals surface area contributed by atoms with Gasteiger partial charge in [-0.2, -0.15) is 0 Å². The number of benzene rings is 2. The van der Waals surface area contributed by atoms with Gasteiger partial charge in [-0.05, 0) is 42.5 Å². The van der Waals surface area contributed by atoms with Crippen LogP contribution in [0.15, 0.2) is 54.6 Å². The highest BCUT2D eigenvalue weighted by atomic mass is 16.5. The zero-order valence-electron chi connectivity index (χ0n) is 14.3. The highest BCUT2D eigenvalue weighted by molar-refractivity contribution is 5.70. The maximum absolute atomic E-state index is 11.6. The fourth-order valence-corrected chi connectivity index (χ4v) is 2.84. The third-order valence-corrected chi connectivity index (χ3v) is 4.30. The maximum Gasteiger partial charge on any atom is 0.306 e. The first-order valence-electron chi connectivity index (χ1n) is 8.33. The Balaban J connectivity index is 1.98. The predicted molar refractivity (Wildman–Crippen MR) is 96.6 cm³/mol. The zero-order valence-corrected chi connectivity index (χ0v) is 14.3. The first-order chi connectivity index (χ1) is 12.0. The Kier molecular flexibility index (Phi) is 6.98. The monoisotopic (exact) mass is 343 g/mol. The lowest BCUT2D eigenvalue weighted by atomic mass is 9.89. The number of ether oxygens (including phenoxy) is 1. The fourth-order valence-electron chi connectivity index (χ4n) is 2.84. The van der Waals surface area contributed by atoms with Gasteiger partial charge < -0.3 is 20.7 Å². The van der Waals surface area contributed by atoms with Gasteiger partial charge in [0.1, 0.15) is 5.75 Å². The highest BCUT2D eigenvalue weighted by Crippen LogP contribution is 2.20. The van der Waals surface area contributed by atoms with E-state index in [1.165, 1.54) is 0 Å². The van der Waals surface area contributed by atoms with Crippen LogP contribution in [0, 0.1) is 5.92 Å². The van der Waals surface area contributed by atoms with Crippen LogP contribution in [0.25, 0.3) is 0 Å². The summed E-state index contributed by atoms with van der Waals surface area (Å²) in [4.78, 5) is 11.6. The molecule has 0 aliphatic heterocycles. The van der Waals surface area contributed by atoms with E-state index in [1.54, 1.807) is 7.11 Å². The average molecular weight is 343 g/mol. The lowest BCUT2D eigenvalue weighted by molar-refractivity contribution is -0.142. The molecule has 134 valence electrons. The van der Waals surface area contributed by atoms with Gasteiger partial charge in [0.15, 0.2) is 0 Å². The molecule has 0 saturated heterocycles. The van der Waals surface area contributed by atoms with Gasteiger partial charge >= 0.3 is 5.97 Å². The molecule has 0 spiro atoms. The molecule has 2 aromatic rings. The second-order valence-electron chi connectivity index (χ2n) is 6.25. The molecular weight excluding hydrogens is 318 g/mol. The highest BCUT2D eigenvalue weighted by Gasteiger charge is 2.25. The number of carbonyl (C=O) groups is 1. The number of carboxylic acids is 1. The Morgan fingerprint density at radius 3 is 2.40 bits per heavy atom. The Morgan fingerprint density at radius 2 is 1.76 bits per heavy atom. The van der Waals surface area contributed by atoms with Gasteiger partial charge in [0.05, 0.1) is 19.1 Å². The number of methoxy groups -OCH3 is 1. The molecule has 0 unspecified atom stereocenters. The summed E-state index contributed by atoms with van der Waals surface area (Å²) in [7, 11) is 1.57. The Morgan fingerprint density at radius 1 is 1.08 bits per heavy atom. The summed E-state index contributed by atoms with van der Waals surface area (Å²) in [6.07, 6.45) is 0.0577. The van der Waals surface area contributed by atoms with Crippen molar-refractivity contribution in [1.29, 1.82) is 0 Å². The van der Waals surface area contributed by atoms with E-state index < -0.39 is 24.0 Å². The molecule has 0 aromatic heterocycles. The zero-order chi connectivity index (χ0) is 18.2. The Bertz CT molecular complexity index is 674. The molecule has 5 nitrogen and oxygen atoms in total. The average Bonchev–Trinajstić information content (AvgIpc) is 2.62. The Labute approximate surface area is 148 Å². The van der Waals surface area contributed by atoms with Crippen molar-refractivity contribution >= 4 is 5.97 Å². The van der Waals surface area contributed by atoms with E-state index in [-0.39, 0.29) is 6.42 Å². The molecule has 0 fully saturated rings. The molecule has 4 N–H and O–H groups in total. The summed E-state index contributed by atoms with van der Waals surface area (Å²) in [5.41, 5.74) is 7.95. The third kappa shape index (κ3) is 5.89. The quantitative estimate of drug-likeness (QED) is 0.649. The molecule has 0 heterocycles. The van der Waals surface area contributed by atoms with E-state index in [2.05, 4.69) is 0 Å². The van der Waals surface area contributed by atoms with Crippen LogP contribution in [0.2, 0.25) is 0 Å². The SMILES string of the molecule is COc1cccc(C[C@H](C[C@H](O)[C@@H](N)Cc2ccccc2)C(=O)O)c1. The first kappa shape index (κ1) is 19.0. The topological polar surface area (TPSA) is 92.8 Å². The molecule has 5 heteroatoms. The number of aliphatic hydroxyl groups excluding tert-OH is 1. The van der Waals surface area contributed by atoms with E-state index in [9.17, 15) is 15.0 Å².